The standard InChI is InChI=1S/C17H14F4N2O4S/c18-16(19)28(25,26)12-4-3-10(9-8-17(20,21)14(24)13(9)12)27-11-2-1-6-23-7-5-22-15(11)23/h1-6,14-16,24H,7-8H2. The first kappa shape index (κ1) is 18.9. The zero-order chi connectivity index (χ0) is 20.3. The van der Waals surface area contributed by atoms with Crippen LogP contribution in [0.1, 0.15) is 17.2 Å². The van der Waals surface area contributed by atoms with Gasteiger partial charge >= 0.3 is 5.76 Å². The summed E-state index contributed by atoms with van der Waals surface area (Å²) in [5, 5.41) is 9.94. The van der Waals surface area contributed by atoms with E-state index in [1.165, 1.54) is 0 Å². The van der Waals surface area contributed by atoms with Crippen LogP contribution in [0.3, 0.4) is 0 Å². The second kappa shape index (κ2) is 6.31. The Labute approximate surface area is 157 Å². The summed E-state index contributed by atoms with van der Waals surface area (Å²) in [7, 11) is -5.19. The van der Waals surface area contributed by atoms with Gasteiger partial charge in [0.1, 0.15) is 17.6 Å². The molecule has 11 heteroatoms. The lowest BCUT2D eigenvalue weighted by molar-refractivity contribution is -0.0976. The maximum Gasteiger partial charge on any atom is 0.341 e. The fourth-order valence-corrected chi connectivity index (χ4v) is 4.43. The summed E-state index contributed by atoms with van der Waals surface area (Å²) in [6.45, 7) is 0.530. The second-order valence-corrected chi connectivity index (χ2v) is 8.40. The molecule has 2 atom stereocenters. The Morgan fingerprint density at radius 1 is 1.32 bits per heavy atom. The molecule has 4 rings (SSSR count). The predicted octanol–water partition coefficient (Wildman–Crippen LogP) is 2.41. The van der Waals surface area contributed by atoms with Gasteiger partial charge in [-0.05, 0) is 24.3 Å². The number of ether oxygens (including phenoxy) is 1. The number of fused-ring (bicyclic) bond motifs is 2. The highest BCUT2D eigenvalue weighted by Gasteiger charge is 2.51. The maximum absolute atomic E-state index is 14.1. The third-order valence-electron chi connectivity index (χ3n) is 4.77. The molecule has 1 aliphatic carbocycles. The van der Waals surface area contributed by atoms with Crippen molar-refractivity contribution in [2.45, 2.75) is 35.3 Å². The molecule has 1 aromatic rings. The van der Waals surface area contributed by atoms with Gasteiger partial charge in [-0.3, -0.25) is 4.99 Å². The minimum Gasteiger partial charge on any atom is -0.457 e. The van der Waals surface area contributed by atoms with Crippen LogP contribution < -0.4 is 4.74 Å². The molecule has 2 heterocycles. The first-order valence-corrected chi connectivity index (χ1v) is 9.75. The summed E-state index contributed by atoms with van der Waals surface area (Å²) in [4.78, 5) is 5.01. The van der Waals surface area contributed by atoms with Gasteiger partial charge in [-0.15, -0.1) is 0 Å². The van der Waals surface area contributed by atoms with Crippen molar-refractivity contribution in [2.24, 2.45) is 4.99 Å². The summed E-state index contributed by atoms with van der Waals surface area (Å²) in [6, 6.07) is 1.81. The molecular formula is C17H14F4N2O4S. The van der Waals surface area contributed by atoms with Crippen molar-refractivity contribution in [3.05, 3.63) is 47.4 Å². The number of benzene rings is 1. The molecule has 0 radical (unpaired) electrons. The topological polar surface area (TPSA) is 79.2 Å². The van der Waals surface area contributed by atoms with Gasteiger partial charge in [0.15, 0.2) is 6.17 Å². The van der Waals surface area contributed by atoms with E-state index in [0.29, 0.717) is 12.3 Å². The molecule has 6 nitrogen and oxygen atoms in total. The van der Waals surface area contributed by atoms with Gasteiger partial charge in [0.05, 0.1) is 11.4 Å². The van der Waals surface area contributed by atoms with Crippen LogP contribution >= 0.6 is 0 Å². The summed E-state index contributed by atoms with van der Waals surface area (Å²) in [6.07, 6.45) is 2.59. The van der Waals surface area contributed by atoms with Gasteiger partial charge in [-0.2, -0.15) is 8.78 Å². The van der Waals surface area contributed by atoms with E-state index in [-0.39, 0.29) is 11.3 Å². The van der Waals surface area contributed by atoms with Crippen molar-refractivity contribution < 1.29 is 35.8 Å². The summed E-state index contributed by atoms with van der Waals surface area (Å²) >= 11 is 0. The lowest BCUT2D eigenvalue weighted by Gasteiger charge is -2.26. The highest BCUT2D eigenvalue weighted by Crippen LogP contribution is 2.50. The van der Waals surface area contributed by atoms with Crippen LogP contribution in [0, 0.1) is 0 Å². The number of nitrogens with zero attached hydrogens (tertiary/aromatic N) is 2. The highest BCUT2D eigenvalue weighted by atomic mass is 32.2. The van der Waals surface area contributed by atoms with Crippen LogP contribution in [0.4, 0.5) is 17.6 Å². The molecule has 150 valence electrons. The van der Waals surface area contributed by atoms with E-state index in [9.17, 15) is 31.1 Å². The molecule has 2 unspecified atom stereocenters. The van der Waals surface area contributed by atoms with Crippen LogP contribution in [0.2, 0.25) is 0 Å². The second-order valence-electron chi connectivity index (χ2n) is 6.51. The number of rotatable bonds is 4. The first-order chi connectivity index (χ1) is 13.1. The third-order valence-corrected chi connectivity index (χ3v) is 6.21. The number of aliphatic imine (C=N–C) groups is 1. The fourth-order valence-electron chi connectivity index (χ4n) is 3.44. The summed E-state index contributed by atoms with van der Waals surface area (Å²) < 4.78 is 83.7. The molecule has 0 amide bonds. The Kier molecular flexibility index (Phi) is 4.27. The van der Waals surface area contributed by atoms with Gasteiger partial charge in [0, 0.05) is 30.0 Å². The molecule has 3 aliphatic rings. The Morgan fingerprint density at radius 3 is 2.79 bits per heavy atom. The molecule has 1 N–H and O–H groups in total. The van der Waals surface area contributed by atoms with E-state index in [2.05, 4.69) is 4.99 Å². The summed E-state index contributed by atoms with van der Waals surface area (Å²) in [5.41, 5.74) is -1.07. The average molecular weight is 418 g/mol. The molecule has 0 aromatic heterocycles. The molecule has 2 aliphatic heterocycles. The molecule has 1 aromatic carbocycles. The molecule has 0 fully saturated rings. The Hall–Kier alpha value is -2.40. The number of aliphatic hydroxyl groups is 1. The van der Waals surface area contributed by atoms with E-state index in [4.69, 9.17) is 4.74 Å². The monoisotopic (exact) mass is 418 g/mol. The molecule has 0 spiro atoms. The normalized spacial score (nSPS) is 25.1. The van der Waals surface area contributed by atoms with E-state index < -0.39 is 50.7 Å². The Bertz CT molecular complexity index is 1020. The van der Waals surface area contributed by atoms with Crippen molar-refractivity contribution in [3.63, 3.8) is 0 Å². The van der Waals surface area contributed by atoms with Crippen molar-refractivity contribution in [2.75, 3.05) is 6.54 Å². The van der Waals surface area contributed by atoms with Crippen molar-refractivity contribution in [1.82, 2.24) is 4.90 Å². The van der Waals surface area contributed by atoms with E-state index in [1.807, 2.05) is 4.90 Å². The lowest BCUT2D eigenvalue weighted by atomic mass is 10.1. The SMILES string of the molecule is O=S(=O)(c1ccc(OC2=CC=CN3CC=NC23)c2c1C(O)C(F)(F)C2)C(F)F. The number of allylic oxidation sites excluding steroid dienone is 2. The number of halogens is 4. The average Bonchev–Trinajstić information content (AvgIpc) is 3.19. The lowest BCUT2D eigenvalue weighted by Crippen LogP contribution is -2.30. The number of sulfone groups is 1. The van der Waals surface area contributed by atoms with Gasteiger partial charge in [-0.1, -0.05) is 0 Å². The van der Waals surface area contributed by atoms with E-state index in [1.54, 1.807) is 24.6 Å². The van der Waals surface area contributed by atoms with Crippen LogP contribution in [0.5, 0.6) is 5.75 Å². The minimum absolute atomic E-state index is 0.136. The highest BCUT2D eigenvalue weighted by molar-refractivity contribution is 7.91. The Morgan fingerprint density at radius 2 is 2.07 bits per heavy atom. The van der Waals surface area contributed by atoms with Gasteiger partial charge in [0.2, 0.25) is 9.84 Å². The van der Waals surface area contributed by atoms with Crippen molar-refractivity contribution in [3.8, 4) is 5.75 Å². The fraction of sp³-hybridized carbons (Fsp3) is 0.353. The molecule has 0 saturated heterocycles. The minimum atomic E-state index is -5.19. The van der Waals surface area contributed by atoms with Gasteiger partial charge < -0.3 is 14.7 Å². The van der Waals surface area contributed by atoms with Crippen LogP contribution in [0.25, 0.3) is 0 Å². The van der Waals surface area contributed by atoms with Crippen molar-refractivity contribution in [1.29, 1.82) is 0 Å². The predicted molar refractivity (Wildman–Crippen MR) is 90.1 cm³/mol. The zero-order valence-corrected chi connectivity index (χ0v) is 14.9. The van der Waals surface area contributed by atoms with Gasteiger partial charge in [0.25, 0.3) is 5.92 Å². The smallest absolute Gasteiger partial charge is 0.341 e. The van der Waals surface area contributed by atoms with Crippen LogP contribution in [0.15, 0.2) is 46.1 Å². The number of aliphatic hydroxyl groups excluding tert-OH is 1. The van der Waals surface area contributed by atoms with Crippen LogP contribution in [-0.2, 0) is 16.3 Å². The van der Waals surface area contributed by atoms with E-state index >= 15 is 0 Å². The van der Waals surface area contributed by atoms with Crippen LogP contribution in [-0.4, -0.2) is 49.0 Å². The molecule has 28 heavy (non-hydrogen) atoms. The maximum atomic E-state index is 14.1. The molecular weight excluding hydrogens is 404 g/mol. The number of hydrogen-bond acceptors (Lipinski definition) is 6. The number of alkyl halides is 4. The zero-order valence-electron chi connectivity index (χ0n) is 14.1. The van der Waals surface area contributed by atoms with E-state index in [0.717, 1.165) is 12.1 Å². The Balaban J connectivity index is 1.80. The third kappa shape index (κ3) is 2.80. The first-order valence-electron chi connectivity index (χ1n) is 8.20. The molecule has 0 bridgehead atoms. The summed E-state index contributed by atoms with van der Waals surface area (Å²) in [5.74, 6) is -7.36. The quantitative estimate of drug-likeness (QED) is 0.760. The van der Waals surface area contributed by atoms with Gasteiger partial charge in [-0.25, -0.2) is 17.2 Å². The largest absolute Gasteiger partial charge is 0.457 e. The number of hydrogen-bond donors (Lipinski definition) is 1. The van der Waals surface area contributed by atoms with Crippen molar-refractivity contribution >= 4 is 16.1 Å². The molecule has 0 saturated carbocycles.